The molecule has 2 heterocycles. The summed E-state index contributed by atoms with van der Waals surface area (Å²) in [6, 6.07) is 16.7. The molecule has 13 heteroatoms. The lowest BCUT2D eigenvalue weighted by molar-refractivity contribution is -0.388. The minimum atomic E-state index is -4.23. The van der Waals surface area contributed by atoms with E-state index in [1.807, 2.05) is 12.1 Å². The van der Waals surface area contributed by atoms with Gasteiger partial charge in [-0.15, -0.1) is 0 Å². The van der Waals surface area contributed by atoms with Gasteiger partial charge in [0.05, 0.1) is 28.7 Å². The van der Waals surface area contributed by atoms with E-state index in [4.69, 9.17) is 11.6 Å². The Hall–Kier alpha value is -3.58. The molecule has 0 spiro atoms. The highest BCUT2D eigenvalue weighted by atomic mass is 35.5. The second kappa shape index (κ2) is 11.5. The minimum absolute atomic E-state index is 0.0494. The van der Waals surface area contributed by atoms with E-state index in [0.717, 1.165) is 15.3 Å². The minimum Gasteiger partial charge on any atom is -0.469 e. The van der Waals surface area contributed by atoms with Gasteiger partial charge in [-0.1, -0.05) is 59.3 Å². The molecule has 1 N–H and O–H groups in total. The molecule has 208 valence electrons. The van der Waals surface area contributed by atoms with Crippen LogP contribution in [0.4, 0.5) is 10.8 Å². The number of hydrogen-bond donors (Lipinski definition) is 1. The molecule has 1 atom stereocenters. The van der Waals surface area contributed by atoms with E-state index in [2.05, 4.69) is 19.3 Å². The third-order valence-electron chi connectivity index (χ3n) is 6.77. The summed E-state index contributed by atoms with van der Waals surface area (Å²) < 4.78 is 34.7. The molecule has 0 saturated carbocycles. The van der Waals surface area contributed by atoms with Crippen LogP contribution >= 0.6 is 22.9 Å². The molecule has 0 radical (unpaired) electrons. The van der Waals surface area contributed by atoms with Crippen molar-refractivity contribution in [2.24, 2.45) is 0 Å². The Morgan fingerprint density at radius 1 is 1.20 bits per heavy atom. The van der Waals surface area contributed by atoms with Gasteiger partial charge in [0.1, 0.15) is 0 Å². The Morgan fingerprint density at radius 3 is 2.75 bits per heavy atom. The van der Waals surface area contributed by atoms with Crippen molar-refractivity contribution in [3.63, 3.8) is 0 Å². The molecule has 1 saturated heterocycles. The van der Waals surface area contributed by atoms with Gasteiger partial charge >= 0.3 is 5.97 Å². The average Bonchev–Trinajstić information content (AvgIpc) is 3.59. The van der Waals surface area contributed by atoms with Crippen LogP contribution in [-0.2, 0) is 32.5 Å². The highest BCUT2D eigenvalue weighted by Crippen LogP contribution is 2.40. The fourth-order valence-corrected chi connectivity index (χ4v) is 7.33. The smallest absolute Gasteiger partial charge is 0.309 e. The van der Waals surface area contributed by atoms with Gasteiger partial charge in [0.25, 0.3) is 5.69 Å². The lowest BCUT2D eigenvalue weighted by Crippen LogP contribution is -2.25. The number of carbonyl (C=O) groups is 1. The fraction of sp³-hybridized carbons (Fsp3) is 0.259. The number of methoxy groups -OCH3 is 1. The van der Waals surface area contributed by atoms with E-state index in [-0.39, 0.29) is 23.8 Å². The number of thiazole rings is 1. The molecule has 40 heavy (non-hydrogen) atoms. The summed E-state index contributed by atoms with van der Waals surface area (Å²) in [6.07, 6.45) is 0.662. The number of nitro benzene ring substituents is 1. The van der Waals surface area contributed by atoms with Crippen LogP contribution in [0.1, 0.15) is 29.0 Å². The van der Waals surface area contributed by atoms with Crippen LogP contribution in [-0.4, -0.2) is 44.5 Å². The number of esters is 1. The lowest BCUT2D eigenvalue weighted by atomic mass is 9.97. The first-order valence-corrected chi connectivity index (χ1v) is 15.0. The van der Waals surface area contributed by atoms with Gasteiger partial charge in [0.15, 0.2) is 10.0 Å². The Balaban J connectivity index is 1.37. The van der Waals surface area contributed by atoms with Gasteiger partial charge in [0, 0.05) is 36.1 Å². The first-order valence-electron chi connectivity index (χ1n) is 12.4. The summed E-state index contributed by atoms with van der Waals surface area (Å²) in [5.74, 6) is -0.663. The van der Waals surface area contributed by atoms with Crippen LogP contribution < -0.4 is 9.62 Å². The summed E-state index contributed by atoms with van der Waals surface area (Å²) in [5.41, 5.74) is 2.05. The normalized spacial score (nSPS) is 15.4. The van der Waals surface area contributed by atoms with Gasteiger partial charge < -0.3 is 9.64 Å². The Kier molecular flexibility index (Phi) is 8.04. The third kappa shape index (κ3) is 5.94. The summed E-state index contributed by atoms with van der Waals surface area (Å²) in [7, 11) is -2.94. The third-order valence-corrected chi connectivity index (χ3v) is 9.52. The number of anilines is 1. The zero-order valence-electron chi connectivity index (χ0n) is 21.4. The van der Waals surface area contributed by atoms with Crippen molar-refractivity contribution in [1.82, 2.24) is 9.71 Å². The van der Waals surface area contributed by atoms with Crippen LogP contribution in [0.5, 0.6) is 0 Å². The van der Waals surface area contributed by atoms with Crippen molar-refractivity contribution in [2.45, 2.75) is 30.2 Å². The van der Waals surface area contributed by atoms with E-state index >= 15 is 0 Å². The molecule has 1 aliphatic rings. The summed E-state index contributed by atoms with van der Waals surface area (Å²) in [4.78, 5) is 29.6. The number of ether oxygens (including phenoxy) is 1. The van der Waals surface area contributed by atoms with Crippen LogP contribution in [0, 0.1) is 10.1 Å². The first kappa shape index (κ1) is 28.0. The zero-order chi connectivity index (χ0) is 28.4. The number of carbonyl (C=O) groups excluding carboxylic acids is 1. The van der Waals surface area contributed by atoms with Gasteiger partial charge in [0.2, 0.25) is 10.0 Å². The average molecular weight is 601 g/mol. The van der Waals surface area contributed by atoms with E-state index in [9.17, 15) is 23.3 Å². The van der Waals surface area contributed by atoms with Crippen LogP contribution in [0.3, 0.4) is 0 Å². The monoisotopic (exact) mass is 600 g/mol. The number of nitro groups is 1. The highest BCUT2D eigenvalue weighted by molar-refractivity contribution is 7.89. The molecule has 1 fully saturated rings. The molecule has 1 aliphatic heterocycles. The Morgan fingerprint density at radius 2 is 1.98 bits per heavy atom. The zero-order valence-corrected chi connectivity index (χ0v) is 23.8. The predicted molar refractivity (Wildman–Crippen MR) is 153 cm³/mol. The van der Waals surface area contributed by atoms with E-state index in [0.29, 0.717) is 41.2 Å². The quantitative estimate of drug-likeness (QED) is 0.160. The highest BCUT2D eigenvalue weighted by Gasteiger charge is 2.35. The number of rotatable bonds is 9. The molecular formula is C27H25ClN4O6S2. The van der Waals surface area contributed by atoms with E-state index in [1.165, 1.54) is 30.6 Å². The second-order valence-electron chi connectivity index (χ2n) is 9.39. The Labute approximate surface area is 239 Å². The van der Waals surface area contributed by atoms with Gasteiger partial charge in [-0.2, -0.15) is 0 Å². The van der Waals surface area contributed by atoms with Crippen molar-refractivity contribution in [2.75, 3.05) is 25.1 Å². The number of nitrogens with zero attached hydrogens (tertiary/aromatic N) is 3. The number of para-hydroxylation sites is 1. The second-order valence-corrected chi connectivity index (χ2v) is 12.6. The molecule has 5 rings (SSSR count). The number of hydrogen-bond acceptors (Lipinski definition) is 9. The summed E-state index contributed by atoms with van der Waals surface area (Å²) in [5, 5.41) is 13.6. The molecule has 0 bridgehead atoms. The number of sulfonamides is 1. The number of benzene rings is 3. The number of nitrogens with one attached hydrogen (secondary N) is 1. The Bertz CT molecular complexity index is 1710. The molecule has 3 aromatic carbocycles. The standard InChI is InChI=1S/C27H25ClN4O6S2/c1-38-25(33)13-17-4-2-5-18(12-17)15-29-40(36,37)24-7-3-6-21(26(24)32(34)35)19-10-11-31(16-19)27-30-22-9-8-20(28)14-23(22)39-27/h2-9,12,14,19,29H,10-11,13,15-16H2,1H3. The van der Waals surface area contributed by atoms with Crippen LogP contribution in [0.15, 0.2) is 65.6 Å². The molecular weight excluding hydrogens is 576 g/mol. The van der Waals surface area contributed by atoms with Crippen molar-refractivity contribution < 1.29 is 22.9 Å². The SMILES string of the molecule is COC(=O)Cc1cccc(CNS(=O)(=O)c2cccc(C3CCN(c4nc5ccc(Cl)cc5s4)C3)c2[N+](=O)[O-])c1. The van der Waals surface area contributed by atoms with Crippen molar-refractivity contribution in [1.29, 1.82) is 0 Å². The van der Waals surface area contributed by atoms with Gasteiger partial charge in [-0.05, 0) is 41.8 Å². The van der Waals surface area contributed by atoms with E-state index < -0.39 is 26.6 Å². The van der Waals surface area contributed by atoms with Crippen molar-refractivity contribution in [3.05, 3.63) is 92.5 Å². The largest absolute Gasteiger partial charge is 0.469 e. The first-order chi connectivity index (χ1) is 19.1. The predicted octanol–water partition coefficient (Wildman–Crippen LogP) is 5.05. The molecule has 0 aliphatic carbocycles. The van der Waals surface area contributed by atoms with Gasteiger partial charge in [-0.25, -0.2) is 18.1 Å². The van der Waals surface area contributed by atoms with Gasteiger partial charge in [-0.3, -0.25) is 14.9 Å². The summed E-state index contributed by atoms with van der Waals surface area (Å²) in [6.45, 7) is 1.00. The molecule has 4 aromatic rings. The van der Waals surface area contributed by atoms with E-state index in [1.54, 1.807) is 36.4 Å². The van der Waals surface area contributed by atoms with Crippen molar-refractivity contribution in [3.8, 4) is 0 Å². The maximum absolute atomic E-state index is 13.3. The molecule has 10 nitrogen and oxygen atoms in total. The van der Waals surface area contributed by atoms with Crippen LogP contribution in [0.25, 0.3) is 10.2 Å². The topological polar surface area (TPSA) is 132 Å². The molecule has 0 amide bonds. The number of halogens is 1. The van der Waals surface area contributed by atoms with Crippen LogP contribution in [0.2, 0.25) is 5.02 Å². The number of fused-ring (bicyclic) bond motifs is 1. The fourth-order valence-electron chi connectivity index (χ4n) is 4.83. The number of aromatic nitrogens is 1. The van der Waals surface area contributed by atoms with Crippen molar-refractivity contribution >= 4 is 60.0 Å². The maximum atomic E-state index is 13.3. The maximum Gasteiger partial charge on any atom is 0.309 e. The summed E-state index contributed by atoms with van der Waals surface area (Å²) >= 11 is 7.61. The molecule has 1 aromatic heterocycles. The molecule has 1 unspecified atom stereocenters. The lowest BCUT2D eigenvalue weighted by Gasteiger charge is -2.16.